The predicted molar refractivity (Wildman–Crippen MR) is 74.1 cm³/mol. The van der Waals surface area contributed by atoms with E-state index in [1.54, 1.807) is 0 Å². The van der Waals surface area contributed by atoms with Crippen LogP contribution in [0.2, 0.25) is 0 Å². The molecule has 2 heteroatoms. The van der Waals surface area contributed by atoms with Gasteiger partial charge in [-0.2, -0.15) is 0 Å². The van der Waals surface area contributed by atoms with Gasteiger partial charge in [0.25, 0.3) is 0 Å². The summed E-state index contributed by atoms with van der Waals surface area (Å²) in [5.41, 5.74) is 8.29. The minimum absolute atomic E-state index is 0.259. The molecule has 0 aliphatic carbocycles. The molecule has 1 saturated heterocycles. The summed E-state index contributed by atoms with van der Waals surface area (Å²) in [6.45, 7) is 7.19. The van der Waals surface area contributed by atoms with E-state index in [-0.39, 0.29) is 5.41 Å². The number of hydrogen-bond acceptors (Lipinski definition) is 2. The molecule has 0 atom stereocenters. The van der Waals surface area contributed by atoms with Crippen LogP contribution in [-0.2, 0) is 5.41 Å². The number of rotatable bonds is 2. The van der Waals surface area contributed by atoms with Crippen LogP contribution < -0.4 is 5.73 Å². The van der Waals surface area contributed by atoms with E-state index in [4.69, 9.17) is 5.73 Å². The third-order valence-corrected chi connectivity index (χ3v) is 4.39. The summed E-state index contributed by atoms with van der Waals surface area (Å²) in [5, 5.41) is 0. The molecule has 1 aromatic rings. The highest BCUT2D eigenvalue weighted by Crippen LogP contribution is 2.37. The molecule has 0 unspecified atom stereocenters. The summed E-state index contributed by atoms with van der Waals surface area (Å²) in [4.78, 5) is 2.43. The Morgan fingerprint density at radius 1 is 1.12 bits per heavy atom. The number of nitrogens with zero attached hydrogens (tertiary/aromatic N) is 1. The lowest BCUT2D eigenvalue weighted by molar-refractivity contribution is 0.163. The number of piperidine rings is 1. The quantitative estimate of drug-likeness (QED) is 0.794. The molecule has 0 amide bonds. The second-order valence-electron chi connectivity index (χ2n) is 5.92. The van der Waals surface area contributed by atoms with Crippen molar-refractivity contribution in [2.24, 2.45) is 5.92 Å². The fourth-order valence-electron chi connectivity index (χ4n) is 2.88. The Labute approximate surface area is 105 Å². The van der Waals surface area contributed by atoms with E-state index in [9.17, 15) is 0 Å². The van der Waals surface area contributed by atoms with Crippen molar-refractivity contribution in [2.45, 2.75) is 32.1 Å². The van der Waals surface area contributed by atoms with E-state index in [1.807, 2.05) is 12.1 Å². The molecule has 2 N–H and O–H groups in total. The molecule has 2 rings (SSSR count). The van der Waals surface area contributed by atoms with Crippen molar-refractivity contribution in [1.29, 1.82) is 0 Å². The minimum Gasteiger partial charge on any atom is -0.399 e. The molecule has 0 spiro atoms. The van der Waals surface area contributed by atoms with Gasteiger partial charge in [-0.1, -0.05) is 26.0 Å². The van der Waals surface area contributed by atoms with E-state index in [2.05, 4.69) is 37.9 Å². The van der Waals surface area contributed by atoms with Crippen molar-refractivity contribution in [2.75, 3.05) is 25.9 Å². The molecule has 17 heavy (non-hydrogen) atoms. The van der Waals surface area contributed by atoms with Gasteiger partial charge in [0.05, 0.1) is 0 Å². The molecule has 1 aromatic carbocycles. The Kier molecular flexibility index (Phi) is 3.43. The van der Waals surface area contributed by atoms with Gasteiger partial charge in [-0.05, 0) is 62.0 Å². The Balaban J connectivity index is 2.15. The third-order valence-electron chi connectivity index (χ3n) is 4.39. The van der Waals surface area contributed by atoms with Gasteiger partial charge in [-0.3, -0.25) is 0 Å². The average Bonchev–Trinajstić information content (AvgIpc) is 2.30. The maximum absolute atomic E-state index is 5.76. The highest BCUT2D eigenvalue weighted by Gasteiger charge is 2.32. The fraction of sp³-hybridized carbons (Fsp3) is 0.600. The lowest BCUT2D eigenvalue weighted by Gasteiger charge is -2.40. The van der Waals surface area contributed by atoms with Crippen LogP contribution in [0.3, 0.4) is 0 Å². The van der Waals surface area contributed by atoms with E-state index in [0.29, 0.717) is 0 Å². The summed E-state index contributed by atoms with van der Waals surface area (Å²) < 4.78 is 0. The Morgan fingerprint density at radius 3 is 2.18 bits per heavy atom. The van der Waals surface area contributed by atoms with Gasteiger partial charge >= 0.3 is 0 Å². The van der Waals surface area contributed by atoms with Gasteiger partial charge < -0.3 is 10.6 Å². The van der Waals surface area contributed by atoms with Gasteiger partial charge in [0.2, 0.25) is 0 Å². The van der Waals surface area contributed by atoms with Crippen LogP contribution in [0.4, 0.5) is 5.69 Å². The smallest absolute Gasteiger partial charge is 0.0314 e. The molecular weight excluding hydrogens is 208 g/mol. The van der Waals surface area contributed by atoms with Gasteiger partial charge in [0.15, 0.2) is 0 Å². The average molecular weight is 232 g/mol. The van der Waals surface area contributed by atoms with Crippen LogP contribution in [0, 0.1) is 5.92 Å². The number of likely N-dealkylation sites (tertiary alicyclic amines) is 1. The number of hydrogen-bond donors (Lipinski definition) is 1. The number of nitrogen functional groups attached to an aromatic ring is 1. The van der Waals surface area contributed by atoms with Gasteiger partial charge in [-0.25, -0.2) is 0 Å². The summed E-state index contributed by atoms with van der Waals surface area (Å²) in [5.74, 6) is 0.780. The summed E-state index contributed by atoms with van der Waals surface area (Å²) in [7, 11) is 2.21. The summed E-state index contributed by atoms with van der Waals surface area (Å²) in [6, 6.07) is 8.42. The fourth-order valence-corrected chi connectivity index (χ4v) is 2.88. The first-order valence-electron chi connectivity index (χ1n) is 6.54. The molecular formula is C15H24N2. The molecule has 2 nitrogen and oxygen atoms in total. The zero-order valence-electron chi connectivity index (χ0n) is 11.2. The Hall–Kier alpha value is -1.02. The van der Waals surface area contributed by atoms with Crippen LogP contribution in [0.1, 0.15) is 32.3 Å². The molecule has 1 aliphatic rings. The number of nitrogens with two attached hydrogens (primary N) is 1. The highest BCUT2D eigenvalue weighted by atomic mass is 15.1. The standard InChI is InChI=1S/C15H24N2/c1-15(2,12-4-6-14(16)7-5-12)13-8-10-17(3)11-9-13/h4-7,13H,8-11,16H2,1-3H3. The van der Waals surface area contributed by atoms with Crippen LogP contribution in [0.25, 0.3) is 0 Å². The molecule has 0 radical (unpaired) electrons. The normalized spacial score (nSPS) is 19.5. The zero-order valence-corrected chi connectivity index (χ0v) is 11.2. The zero-order chi connectivity index (χ0) is 12.5. The number of benzene rings is 1. The highest BCUT2D eigenvalue weighted by molar-refractivity contribution is 5.41. The van der Waals surface area contributed by atoms with E-state index >= 15 is 0 Å². The van der Waals surface area contributed by atoms with Gasteiger partial charge in [0.1, 0.15) is 0 Å². The van der Waals surface area contributed by atoms with Gasteiger partial charge in [-0.15, -0.1) is 0 Å². The van der Waals surface area contributed by atoms with E-state index < -0.39 is 0 Å². The Morgan fingerprint density at radius 2 is 1.65 bits per heavy atom. The van der Waals surface area contributed by atoms with Crippen LogP contribution in [0.5, 0.6) is 0 Å². The SMILES string of the molecule is CN1CCC(C(C)(C)c2ccc(N)cc2)CC1. The maximum atomic E-state index is 5.76. The molecule has 1 aliphatic heterocycles. The molecule has 0 bridgehead atoms. The largest absolute Gasteiger partial charge is 0.399 e. The van der Waals surface area contributed by atoms with Crippen LogP contribution in [0.15, 0.2) is 24.3 Å². The first-order valence-corrected chi connectivity index (χ1v) is 6.54. The van der Waals surface area contributed by atoms with Crippen LogP contribution in [-0.4, -0.2) is 25.0 Å². The Bertz CT molecular complexity index is 359. The van der Waals surface area contributed by atoms with Crippen molar-refractivity contribution in [3.05, 3.63) is 29.8 Å². The monoisotopic (exact) mass is 232 g/mol. The lowest BCUT2D eigenvalue weighted by atomic mass is 9.69. The molecule has 1 heterocycles. The predicted octanol–water partition coefficient (Wildman–Crippen LogP) is 2.89. The van der Waals surface area contributed by atoms with Crippen LogP contribution >= 0.6 is 0 Å². The third kappa shape index (κ3) is 2.63. The summed E-state index contributed by atoms with van der Waals surface area (Å²) in [6.07, 6.45) is 2.60. The maximum Gasteiger partial charge on any atom is 0.0314 e. The van der Waals surface area contributed by atoms with Crippen molar-refractivity contribution >= 4 is 5.69 Å². The first-order chi connectivity index (χ1) is 8.00. The lowest BCUT2D eigenvalue weighted by Crippen LogP contribution is -2.39. The second kappa shape index (κ2) is 4.69. The summed E-state index contributed by atoms with van der Waals surface area (Å²) >= 11 is 0. The van der Waals surface area contributed by atoms with E-state index in [1.165, 1.54) is 31.5 Å². The van der Waals surface area contributed by atoms with E-state index in [0.717, 1.165) is 11.6 Å². The molecule has 94 valence electrons. The first kappa shape index (κ1) is 12.4. The topological polar surface area (TPSA) is 29.3 Å². The number of anilines is 1. The molecule has 0 saturated carbocycles. The van der Waals surface area contributed by atoms with Crippen molar-refractivity contribution in [3.8, 4) is 0 Å². The molecule has 0 aromatic heterocycles. The van der Waals surface area contributed by atoms with Crippen molar-refractivity contribution < 1.29 is 0 Å². The second-order valence-corrected chi connectivity index (χ2v) is 5.92. The molecule has 1 fully saturated rings. The van der Waals surface area contributed by atoms with Crippen molar-refractivity contribution in [1.82, 2.24) is 4.90 Å². The minimum atomic E-state index is 0.259. The van der Waals surface area contributed by atoms with Gasteiger partial charge in [0, 0.05) is 5.69 Å². The van der Waals surface area contributed by atoms with Crippen molar-refractivity contribution in [3.63, 3.8) is 0 Å².